The Morgan fingerprint density at radius 3 is 2.62 bits per heavy atom. The van der Waals surface area contributed by atoms with Crippen LogP contribution in [0.15, 0.2) is 0 Å². The Hall–Kier alpha value is -0.0800. The first-order chi connectivity index (χ1) is 6.13. The minimum atomic E-state index is 0.668. The van der Waals surface area contributed by atoms with Crippen molar-refractivity contribution in [1.29, 1.82) is 0 Å². The molecule has 1 rings (SSSR count). The number of nitrogens with one attached hydrogen (secondary N) is 1. The molecule has 0 aromatic heterocycles. The SMILES string of the molecule is CC[C@@H](C)[C@@H](C)N[C@@H]1CCN(C)C1. The molecule has 1 saturated heterocycles. The van der Waals surface area contributed by atoms with Gasteiger partial charge in [-0.1, -0.05) is 20.3 Å². The Kier molecular flexibility index (Phi) is 4.20. The van der Waals surface area contributed by atoms with Crippen LogP contribution in [0.5, 0.6) is 0 Å². The zero-order valence-corrected chi connectivity index (χ0v) is 9.51. The quantitative estimate of drug-likeness (QED) is 0.715. The summed E-state index contributed by atoms with van der Waals surface area (Å²) in [6.07, 6.45) is 2.59. The summed E-state index contributed by atoms with van der Waals surface area (Å²) in [6, 6.07) is 1.40. The van der Waals surface area contributed by atoms with Gasteiger partial charge in [0.2, 0.25) is 0 Å². The summed E-state index contributed by atoms with van der Waals surface area (Å²) in [5.74, 6) is 0.797. The summed E-state index contributed by atoms with van der Waals surface area (Å²) < 4.78 is 0. The first kappa shape index (κ1) is 11.0. The van der Waals surface area contributed by atoms with Crippen molar-refractivity contribution in [3.63, 3.8) is 0 Å². The van der Waals surface area contributed by atoms with E-state index in [0.717, 1.165) is 12.0 Å². The number of nitrogens with zero attached hydrogens (tertiary/aromatic N) is 1. The van der Waals surface area contributed by atoms with Crippen molar-refractivity contribution in [2.75, 3.05) is 20.1 Å². The van der Waals surface area contributed by atoms with Crippen LogP contribution in [0, 0.1) is 5.92 Å². The molecular formula is C11H24N2. The third kappa shape index (κ3) is 3.28. The standard InChI is InChI=1S/C11H24N2/c1-5-9(2)10(3)12-11-6-7-13(4)8-11/h9-12H,5-8H2,1-4H3/t9-,10-,11-/m1/s1. The molecule has 1 aliphatic heterocycles. The van der Waals surface area contributed by atoms with Crippen molar-refractivity contribution in [2.24, 2.45) is 5.92 Å². The predicted octanol–water partition coefficient (Wildman–Crippen LogP) is 1.71. The lowest BCUT2D eigenvalue weighted by atomic mass is 10.00. The maximum Gasteiger partial charge on any atom is 0.0209 e. The minimum Gasteiger partial charge on any atom is -0.310 e. The molecule has 1 heterocycles. The first-order valence-corrected chi connectivity index (χ1v) is 5.58. The summed E-state index contributed by atoms with van der Waals surface area (Å²) in [5.41, 5.74) is 0. The molecular weight excluding hydrogens is 160 g/mol. The first-order valence-electron chi connectivity index (χ1n) is 5.58. The molecule has 2 heteroatoms. The van der Waals surface area contributed by atoms with E-state index in [1.165, 1.54) is 25.9 Å². The van der Waals surface area contributed by atoms with E-state index in [-0.39, 0.29) is 0 Å². The molecule has 1 N–H and O–H groups in total. The van der Waals surface area contributed by atoms with Crippen molar-refractivity contribution in [3.8, 4) is 0 Å². The summed E-state index contributed by atoms with van der Waals surface area (Å²) in [6.45, 7) is 9.39. The number of likely N-dealkylation sites (tertiary alicyclic amines) is 1. The Bertz CT molecular complexity index is 147. The maximum atomic E-state index is 3.72. The molecule has 78 valence electrons. The molecule has 3 atom stereocenters. The normalized spacial score (nSPS) is 29.1. The molecule has 13 heavy (non-hydrogen) atoms. The van der Waals surface area contributed by atoms with Gasteiger partial charge >= 0.3 is 0 Å². The third-order valence-electron chi connectivity index (χ3n) is 3.39. The minimum absolute atomic E-state index is 0.668. The van der Waals surface area contributed by atoms with Gasteiger partial charge in [0.05, 0.1) is 0 Å². The molecule has 0 radical (unpaired) electrons. The summed E-state index contributed by atoms with van der Waals surface area (Å²) >= 11 is 0. The lowest BCUT2D eigenvalue weighted by Crippen LogP contribution is -2.41. The van der Waals surface area contributed by atoms with Crippen LogP contribution >= 0.6 is 0 Å². The van der Waals surface area contributed by atoms with E-state index >= 15 is 0 Å². The lowest BCUT2D eigenvalue weighted by Gasteiger charge is -2.24. The van der Waals surface area contributed by atoms with Gasteiger partial charge in [0.15, 0.2) is 0 Å². The predicted molar refractivity (Wildman–Crippen MR) is 58.0 cm³/mol. The molecule has 1 aliphatic rings. The van der Waals surface area contributed by atoms with E-state index in [2.05, 4.69) is 38.0 Å². The van der Waals surface area contributed by atoms with Crippen LogP contribution in [-0.2, 0) is 0 Å². The highest BCUT2D eigenvalue weighted by Crippen LogP contribution is 2.12. The Morgan fingerprint density at radius 1 is 1.46 bits per heavy atom. The lowest BCUT2D eigenvalue weighted by molar-refractivity contribution is 0.337. The molecule has 0 saturated carbocycles. The van der Waals surface area contributed by atoms with Gasteiger partial charge in [-0.2, -0.15) is 0 Å². The van der Waals surface area contributed by atoms with Crippen LogP contribution in [0.3, 0.4) is 0 Å². The van der Waals surface area contributed by atoms with E-state index in [1.807, 2.05) is 0 Å². The van der Waals surface area contributed by atoms with E-state index in [0.29, 0.717) is 6.04 Å². The van der Waals surface area contributed by atoms with Crippen molar-refractivity contribution in [1.82, 2.24) is 10.2 Å². The van der Waals surface area contributed by atoms with Crippen molar-refractivity contribution < 1.29 is 0 Å². The van der Waals surface area contributed by atoms with Crippen LogP contribution in [0.4, 0.5) is 0 Å². The second-order valence-electron chi connectivity index (χ2n) is 4.59. The van der Waals surface area contributed by atoms with Gasteiger partial charge in [-0.3, -0.25) is 0 Å². The molecule has 0 aromatic rings. The molecule has 0 aliphatic carbocycles. The van der Waals surface area contributed by atoms with E-state index < -0.39 is 0 Å². The zero-order valence-electron chi connectivity index (χ0n) is 9.51. The topological polar surface area (TPSA) is 15.3 Å². The van der Waals surface area contributed by atoms with E-state index in [9.17, 15) is 0 Å². The fourth-order valence-corrected chi connectivity index (χ4v) is 1.96. The van der Waals surface area contributed by atoms with Gasteiger partial charge < -0.3 is 10.2 Å². The van der Waals surface area contributed by atoms with Crippen molar-refractivity contribution >= 4 is 0 Å². The van der Waals surface area contributed by atoms with Crippen LogP contribution in [0.2, 0.25) is 0 Å². The second-order valence-corrected chi connectivity index (χ2v) is 4.59. The fourth-order valence-electron chi connectivity index (χ4n) is 1.96. The molecule has 0 spiro atoms. The van der Waals surface area contributed by atoms with Crippen molar-refractivity contribution in [2.45, 2.75) is 45.7 Å². The van der Waals surface area contributed by atoms with Crippen LogP contribution in [-0.4, -0.2) is 37.1 Å². The van der Waals surface area contributed by atoms with Gasteiger partial charge in [-0.05, 0) is 32.9 Å². The van der Waals surface area contributed by atoms with Gasteiger partial charge in [0.1, 0.15) is 0 Å². The summed E-state index contributed by atoms with van der Waals surface area (Å²) in [7, 11) is 2.20. The van der Waals surface area contributed by atoms with Crippen LogP contribution in [0.1, 0.15) is 33.6 Å². The Labute approximate surface area is 82.7 Å². The third-order valence-corrected chi connectivity index (χ3v) is 3.39. The van der Waals surface area contributed by atoms with Gasteiger partial charge in [-0.25, -0.2) is 0 Å². The van der Waals surface area contributed by atoms with E-state index in [4.69, 9.17) is 0 Å². The summed E-state index contributed by atoms with van der Waals surface area (Å²) in [5, 5.41) is 3.72. The smallest absolute Gasteiger partial charge is 0.0209 e. The monoisotopic (exact) mass is 184 g/mol. The molecule has 0 amide bonds. The highest BCUT2D eigenvalue weighted by atomic mass is 15.2. The Balaban J connectivity index is 2.24. The highest BCUT2D eigenvalue weighted by Gasteiger charge is 2.21. The largest absolute Gasteiger partial charge is 0.310 e. The van der Waals surface area contributed by atoms with Crippen molar-refractivity contribution in [3.05, 3.63) is 0 Å². The zero-order chi connectivity index (χ0) is 9.84. The second kappa shape index (κ2) is 4.97. The fraction of sp³-hybridized carbons (Fsp3) is 1.00. The number of hydrogen-bond acceptors (Lipinski definition) is 2. The molecule has 0 aromatic carbocycles. The van der Waals surface area contributed by atoms with Gasteiger partial charge in [-0.15, -0.1) is 0 Å². The maximum absolute atomic E-state index is 3.72. The number of rotatable bonds is 4. The van der Waals surface area contributed by atoms with E-state index in [1.54, 1.807) is 0 Å². The molecule has 2 nitrogen and oxygen atoms in total. The van der Waals surface area contributed by atoms with Gasteiger partial charge in [0, 0.05) is 18.6 Å². The average Bonchev–Trinajstić information content (AvgIpc) is 2.49. The Morgan fingerprint density at radius 2 is 2.15 bits per heavy atom. The molecule has 0 unspecified atom stereocenters. The highest BCUT2D eigenvalue weighted by molar-refractivity contribution is 4.82. The van der Waals surface area contributed by atoms with Gasteiger partial charge in [0.25, 0.3) is 0 Å². The average molecular weight is 184 g/mol. The molecule has 1 fully saturated rings. The number of likely N-dealkylation sites (N-methyl/N-ethyl adjacent to an activating group) is 1. The number of hydrogen-bond donors (Lipinski definition) is 1. The summed E-state index contributed by atoms with van der Waals surface area (Å²) in [4.78, 5) is 2.40. The van der Waals surface area contributed by atoms with Crippen LogP contribution < -0.4 is 5.32 Å². The molecule has 0 bridgehead atoms. The van der Waals surface area contributed by atoms with Crippen LogP contribution in [0.25, 0.3) is 0 Å².